The van der Waals surface area contributed by atoms with Crippen LogP contribution < -0.4 is 10.1 Å². The molecule has 0 bridgehead atoms. The summed E-state index contributed by atoms with van der Waals surface area (Å²) in [6, 6.07) is 2.82. The molecule has 2 rings (SSSR count). The SMILES string of the molecule is C[C@H]1CN(C(=O)NCc2cccnc2OCC(F)(F)F)CCO1. The summed E-state index contributed by atoms with van der Waals surface area (Å²) >= 11 is 0. The van der Waals surface area contributed by atoms with Crippen LogP contribution in [0.5, 0.6) is 5.88 Å². The highest BCUT2D eigenvalue weighted by Gasteiger charge is 2.29. The molecule has 0 saturated carbocycles. The zero-order chi connectivity index (χ0) is 16.9. The third-order valence-electron chi connectivity index (χ3n) is 3.18. The largest absolute Gasteiger partial charge is 0.468 e. The molecular formula is C14H18F3N3O3. The highest BCUT2D eigenvalue weighted by atomic mass is 19.4. The summed E-state index contributed by atoms with van der Waals surface area (Å²) in [6.45, 7) is 1.87. The fraction of sp³-hybridized carbons (Fsp3) is 0.571. The topological polar surface area (TPSA) is 63.7 Å². The summed E-state index contributed by atoms with van der Waals surface area (Å²) in [4.78, 5) is 17.4. The first-order chi connectivity index (χ1) is 10.8. The van der Waals surface area contributed by atoms with E-state index in [9.17, 15) is 18.0 Å². The summed E-state index contributed by atoms with van der Waals surface area (Å²) in [7, 11) is 0. The lowest BCUT2D eigenvalue weighted by molar-refractivity contribution is -0.154. The van der Waals surface area contributed by atoms with E-state index in [-0.39, 0.29) is 24.6 Å². The van der Waals surface area contributed by atoms with Gasteiger partial charge in [0.05, 0.1) is 12.7 Å². The molecule has 2 amide bonds. The van der Waals surface area contributed by atoms with Gasteiger partial charge in [-0.1, -0.05) is 6.07 Å². The van der Waals surface area contributed by atoms with E-state index in [0.717, 1.165) is 0 Å². The third kappa shape index (κ3) is 5.59. The average Bonchev–Trinajstić information content (AvgIpc) is 2.50. The summed E-state index contributed by atoms with van der Waals surface area (Å²) < 4.78 is 46.7. The number of ether oxygens (including phenoxy) is 2. The normalized spacial score (nSPS) is 18.6. The van der Waals surface area contributed by atoms with E-state index in [1.54, 1.807) is 17.0 Å². The van der Waals surface area contributed by atoms with Gasteiger partial charge in [-0.25, -0.2) is 9.78 Å². The molecule has 1 aromatic heterocycles. The first-order valence-corrected chi connectivity index (χ1v) is 7.13. The Kier molecular flexibility index (Phi) is 5.64. The number of hydrogen-bond donors (Lipinski definition) is 1. The molecule has 1 aromatic rings. The van der Waals surface area contributed by atoms with Gasteiger partial charge in [-0.2, -0.15) is 13.2 Å². The number of hydrogen-bond acceptors (Lipinski definition) is 4. The number of pyridine rings is 1. The molecule has 6 nitrogen and oxygen atoms in total. The number of carbonyl (C=O) groups excluding carboxylic acids is 1. The second kappa shape index (κ2) is 7.49. The molecule has 9 heteroatoms. The molecule has 0 unspecified atom stereocenters. The molecule has 1 aliphatic heterocycles. The molecule has 0 aromatic carbocycles. The Hall–Kier alpha value is -2.03. The van der Waals surface area contributed by atoms with Crippen molar-refractivity contribution in [2.75, 3.05) is 26.3 Å². The van der Waals surface area contributed by atoms with Gasteiger partial charge in [0, 0.05) is 31.4 Å². The first-order valence-electron chi connectivity index (χ1n) is 7.13. The fourth-order valence-corrected chi connectivity index (χ4v) is 2.12. The Labute approximate surface area is 131 Å². The number of alkyl halides is 3. The average molecular weight is 333 g/mol. The number of aromatic nitrogens is 1. The number of nitrogens with zero attached hydrogens (tertiary/aromatic N) is 2. The van der Waals surface area contributed by atoms with E-state index in [4.69, 9.17) is 4.74 Å². The van der Waals surface area contributed by atoms with Crippen molar-refractivity contribution in [2.24, 2.45) is 0 Å². The number of carbonyl (C=O) groups is 1. The van der Waals surface area contributed by atoms with Crippen molar-refractivity contribution in [1.29, 1.82) is 0 Å². The first kappa shape index (κ1) is 17.3. The molecule has 0 radical (unpaired) electrons. The van der Waals surface area contributed by atoms with Gasteiger partial charge in [0.1, 0.15) is 0 Å². The van der Waals surface area contributed by atoms with Gasteiger partial charge in [0.2, 0.25) is 5.88 Å². The van der Waals surface area contributed by atoms with Crippen LogP contribution in [0, 0.1) is 0 Å². The molecule has 1 saturated heterocycles. The Balaban J connectivity index is 1.91. The Morgan fingerprint density at radius 1 is 1.57 bits per heavy atom. The minimum atomic E-state index is -4.44. The quantitative estimate of drug-likeness (QED) is 0.915. The third-order valence-corrected chi connectivity index (χ3v) is 3.18. The molecule has 0 spiro atoms. The molecule has 1 atom stereocenters. The summed E-state index contributed by atoms with van der Waals surface area (Å²) in [6.07, 6.45) is -3.15. The van der Waals surface area contributed by atoms with Crippen LogP contribution in [0.1, 0.15) is 12.5 Å². The van der Waals surface area contributed by atoms with Crippen LogP contribution in [0.15, 0.2) is 18.3 Å². The van der Waals surface area contributed by atoms with E-state index >= 15 is 0 Å². The monoisotopic (exact) mass is 333 g/mol. The van der Waals surface area contributed by atoms with Crippen LogP contribution in [0.2, 0.25) is 0 Å². The Bertz CT molecular complexity index is 539. The minimum Gasteiger partial charge on any atom is -0.468 e. The second-order valence-electron chi connectivity index (χ2n) is 5.16. The van der Waals surface area contributed by atoms with E-state index in [0.29, 0.717) is 25.3 Å². The number of halogens is 3. The number of amides is 2. The van der Waals surface area contributed by atoms with Crippen molar-refractivity contribution in [3.8, 4) is 5.88 Å². The molecule has 23 heavy (non-hydrogen) atoms. The Morgan fingerprint density at radius 3 is 3.04 bits per heavy atom. The predicted molar refractivity (Wildman–Crippen MR) is 75.0 cm³/mol. The summed E-state index contributed by atoms with van der Waals surface area (Å²) in [5, 5.41) is 2.66. The lowest BCUT2D eigenvalue weighted by atomic mass is 10.2. The molecule has 0 aliphatic carbocycles. The van der Waals surface area contributed by atoms with Gasteiger partial charge >= 0.3 is 12.2 Å². The summed E-state index contributed by atoms with van der Waals surface area (Å²) in [5.41, 5.74) is 0.381. The van der Waals surface area contributed by atoms with Crippen molar-refractivity contribution in [3.05, 3.63) is 23.9 Å². The lowest BCUT2D eigenvalue weighted by Crippen LogP contribution is -2.48. The lowest BCUT2D eigenvalue weighted by Gasteiger charge is -2.31. The number of nitrogens with one attached hydrogen (secondary N) is 1. The standard InChI is InChI=1S/C14H18F3N3O3/c1-10-8-20(5-6-22-10)13(21)19-7-11-3-2-4-18-12(11)23-9-14(15,16)17/h2-4,10H,5-9H2,1H3,(H,19,21)/t10-/m0/s1. The van der Waals surface area contributed by atoms with Crippen LogP contribution in [0.25, 0.3) is 0 Å². The van der Waals surface area contributed by atoms with Crippen molar-refractivity contribution >= 4 is 6.03 Å². The van der Waals surface area contributed by atoms with Gasteiger partial charge in [-0.05, 0) is 13.0 Å². The number of morpholine rings is 1. The van der Waals surface area contributed by atoms with Crippen molar-refractivity contribution < 1.29 is 27.4 Å². The molecule has 1 aliphatic rings. The van der Waals surface area contributed by atoms with Crippen LogP contribution >= 0.6 is 0 Å². The number of rotatable bonds is 4. The summed E-state index contributed by atoms with van der Waals surface area (Å²) in [5.74, 6) is -0.138. The maximum absolute atomic E-state index is 12.2. The van der Waals surface area contributed by atoms with E-state index in [1.165, 1.54) is 6.20 Å². The fourth-order valence-electron chi connectivity index (χ4n) is 2.12. The van der Waals surface area contributed by atoms with E-state index in [2.05, 4.69) is 15.0 Å². The van der Waals surface area contributed by atoms with Gasteiger partial charge in [-0.15, -0.1) is 0 Å². The van der Waals surface area contributed by atoms with Gasteiger partial charge in [0.25, 0.3) is 0 Å². The maximum atomic E-state index is 12.2. The molecular weight excluding hydrogens is 315 g/mol. The molecule has 128 valence electrons. The zero-order valence-corrected chi connectivity index (χ0v) is 12.6. The maximum Gasteiger partial charge on any atom is 0.422 e. The second-order valence-corrected chi connectivity index (χ2v) is 5.16. The highest BCUT2D eigenvalue weighted by Crippen LogP contribution is 2.20. The number of urea groups is 1. The molecule has 2 heterocycles. The van der Waals surface area contributed by atoms with Crippen molar-refractivity contribution in [2.45, 2.75) is 25.7 Å². The van der Waals surface area contributed by atoms with Crippen LogP contribution in [0.3, 0.4) is 0 Å². The van der Waals surface area contributed by atoms with Crippen LogP contribution in [0.4, 0.5) is 18.0 Å². The van der Waals surface area contributed by atoms with Gasteiger partial charge in [0.15, 0.2) is 6.61 Å². The minimum absolute atomic E-state index is 0.0333. The highest BCUT2D eigenvalue weighted by molar-refractivity contribution is 5.74. The van der Waals surface area contributed by atoms with E-state index < -0.39 is 12.8 Å². The molecule has 1 N–H and O–H groups in total. The van der Waals surface area contributed by atoms with Crippen molar-refractivity contribution in [1.82, 2.24) is 15.2 Å². The van der Waals surface area contributed by atoms with E-state index in [1.807, 2.05) is 6.92 Å². The van der Waals surface area contributed by atoms with Gasteiger partial charge in [-0.3, -0.25) is 0 Å². The van der Waals surface area contributed by atoms with Gasteiger partial charge < -0.3 is 19.7 Å². The molecule has 1 fully saturated rings. The smallest absolute Gasteiger partial charge is 0.422 e. The Morgan fingerprint density at radius 2 is 2.35 bits per heavy atom. The van der Waals surface area contributed by atoms with Crippen LogP contribution in [-0.2, 0) is 11.3 Å². The van der Waals surface area contributed by atoms with Crippen LogP contribution in [-0.4, -0.2) is 54.5 Å². The zero-order valence-electron chi connectivity index (χ0n) is 12.6. The predicted octanol–water partition coefficient (Wildman–Crippen LogP) is 1.95. The van der Waals surface area contributed by atoms with Crippen molar-refractivity contribution in [3.63, 3.8) is 0 Å².